The van der Waals surface area contributed by atoms with Gasteiger partial charge in [0.1, 0.15) is 12.4 Å². The van der Waals surface area contributed by atoms with E-state index in [2.05, 4.69) is 5.16 Å². The number of rotatable bonds is 6. The Balaban J connectivity index is 2.13. The van der Waals surface area contributed by atoms with Gasteiger partial charge in [-0.15, -0.1) is 0 Å². The second-order valence-electron chi connectivity index (χ2n) is 5.57. The summed E-state index contributed by atoms with van der Waals surface area (Å²) < 4.78 is 16.3. The number of hydrogen-bond donors (Lipinski definition) is 0. The lowest BCUT2D eigenvalue weighted by molar-refractivity contribution is -0.123. The first-order valence-electron chi connectivity index (χ1n) is 7.54. The van der Waals surface area contributed by atoms with Crippen LogP contribution in [0.1, 0.15) is 22.6 Å². The highest BCUT2D eigenvalue weighted by atomic mass is 16.5. The fraction of sp³-hybridized carbons (Fsp3) is 0.333. The van der Waals surface area contributed by atoms with Crippen molar-refractivity contribution in [1.82, 2.24) is 10.1 Å². The maximum absolute atomic E-state index is 11.6. The van der Waals surface area contributed by atoms with Gasteiger partial charge in [0, 0.05) is 20.2 Å². The highest BCUT2D eigenvalue weighted by Crippen LogP contribution is 2.30. The minimum atomic E-state index is -0.0762. The number of likely N-dealkylation sites (N-methyl/N-ethyl adjacent to an activating group) is 1. The third-order valence-electron chi connectivity index (χ3n) is 3.60. The molecule has 0 N–H and O–H groups in total. The monoisotopic (exact) mass is 330 g/mol. The van der Waals surface area contributed by atoms with Crippen molar-refractivity contribution >= 4 is 12.0 Å². The molecule has 0 saturated heterocycles. The minimum Gasteiger partial charge on any atom is -0.493 e. The molecule has 1 amide bonds. The summed E-state index contributed by atoms with van der Waals surface area (Å²) in [6.07, 6.45) is 3.25. The Kier molecular flexibility index (Phi) is 5.63. The van der Waals surface area contributed by atoms with Gasteiger partial charge in [0.2, 0.25) is 5.91 Å². The van der Waals surface area contributed by atoms with Crippen LogP contribution in [0.2, 0.25) is 0 Å². The van der Waals surface area contributed by atoms with Crippen LogP contribution in [-0.2, 0) is 11.4 Å². The molecule has 0 saturated carbocycles. The normalized spacial score (nSPS) is 10.9. The molecule has 6 heteroatoms. The fourth-order valence-corrected chi connectivity index (χ4v) is 2.08. The van der Waals surface area contributed by atoms with Crippen molar-refractivity contribution in [3.05, 3.63) is 46.9 Å². The first-order chi connectivity index (χ1) is 11.4. The van der Waals surface area contributed by atoms with Crippen molar-refractivity contribution in [2.75, 3.05) is 21.2 Å². The molecule has 1 aromatic heterocycles. The fourth-order valence-electron chi connectivity index (χ4n) is 2.08. The van der Waals surface area contributed by atoms with E-state index in [4.69, 9.17) is 14.0 Å². The summed E-state index contributed by atoms with van der Waals surface area (Å²) in [5, 5.41) is 3.91. The smallest absolute Gasteiger partial charge is 0.246 e. The number of ether oxygens (including phenoxy) is 2. The summed E-state index contributed by atoms with van der Waals surface area (Å²) >= 11 is 0. The predicted octanol–water partition coefficient (Wildman–Crippen LogP) is 2.98. The van der Waals surface area contributed by atoms with Gasteiger partial charge in [-0.2, -0.15) is 0 Å². The van der Waals surface area contributed by atoms with E-state index < -0.39 is 0 Å². The average Bonchev–Trinajstić information content (AvgIpc) is 2.89. The zero-order chi connectivity index (χ0) is 17.7. The molecule has 0 fully saturated rings. The highest BCUT2D eigenvalue weighted by molar-refractivity contribution is 5.91. The summed E-state index contributed by atoms with van der Waals surface area (Å²) in [4.78, 5) is 13.1. The molecule has 1 aromatic carbocycles. The first-order valence-corrected chi connectivity index (χ1v) is 7.54. The van der Waals surface area contributed by atoms with E-state index >= 15 is 0 Å². The Hall–Kier alpha value is -2.76. The molecule has 0 unspecified atom stereocenters. The van der Waals surface area contributed by atoms with E-state index in [-0.39, 0.29) is 5.91 Å². The zero-order valence-electron chi connectivity index (χ0n) is 14.6. The standard InChI is InChI=1S/C18H22N2O4/c1-12-15(13(2)24-19-12)11-23-16-8-6-14(10-17(16)22-5)7-9-18(21)20(3)4/h6-10H,11H2,1-5H3. The number of amides is 1. The molecule has 0 bridgehead atoms. The number of aryl methyl sites for hydroxylation is 2. The number of aromatic nitrogens is 1. The SMILES string of the molecule is COc1cc(C=CC(=O)N(C)C)ccc1OCc1c(C)noc1C. The van der Waals surface area contributed by atoms with Crippen LogP contribution >= 0.6 is 0 Å². The van der Waals surface area contributed by atoms with Gasteiger partial charge in [-0.1, -0.05) is 11.2 Å². The van der Waals surface area contributed by atoms with E-state index in [1.165, 1.54) is 11.0 Å². The molecule has 0 aliphatic rings. The zero-order valence-corrected chi connectivity index (χ0v) is 14.6. The molecule has 1 heterocycles. The summed E-state index contributed by atoms with van der Waals surface area (Å²) in [7, 11) is 4.99. The van der Waals surface area contributed by atoms with Gasteiger partial charge >= 0.3 is 0 Å². The summed E-state index contributed by atoms with van der Waals surface area (Å²) in [5.74, 6) is 1.88. The van der Waals surface area contributed by atoms with Crippen molar-refractivity contribution in [3.8, 4) is 11.5 Å². The molecule has 0 aliphatic carbocycles. The Bertz CT molecular complexity index is 728. The number of benzene rings is 1. The Labute approximate surface area is 141 Å². The van der Waals surface area contributed by atoms with Gasteiger partial charge in [-0.25, -0.2) is 0 Å². The van der Waals surface area contributed by atoms with Crippen LogP contribution in [0, 0.1) is 13.8 Å². The number of methoxy groups -OCH3 is 1. The van der Waals surface area contributed by atoms with Crippen LogP contribution in [0.25, 0.3) is 6.08 Å². The number of hydrogen-bond acceptors (Lipinski definition) is 5. The van der Waals surface area contributed by atoms with E-state index in [1.54, 1.807) is 27.3 Å². The molecular weight excluding hydrogens is 308 g/mol. The molecule has 24 heavy (non-hydrogen) atoms. The molecule has 2 aromatic rings. The molecule has 0 atom stereocenters. The van der Waals surface area contributed by atoms with E-state index in [9.17, 15) is 4.79 Å². The van der Waals surface area contributed by atoms with E-state index in [0.29, 0.717) is 18.1 Å². The molecule has 128 valence electrons. The highest BCUT2D eigenvalue weighted by Gasteiger charge is 2.11. The molecular formula is C18H22N2O4. The number of carbonyl (C=O) groups excluding carboxylic acids is 1. The van der Waals surface area contributed by atoms with Crippen LogP contribution in [0.3, 0.4) is 0 Å². The van der Waals surface area contributed by atoms with Gasteiger partial charge in [0.15, 0.2) is 11.5 Å². The lowest BCUT2D eigenvalue weighted by Gasteiger charge is -2.11. The average molecular weight is 330 g/mol. The Morgan fingerprint density at radius 3 is 2.62 bits per heavy atom. The van der Waals surface area contributed by atoms with Crippen LogP contribution in [0.15, 0.2) is 28.8 Å². The van der Waals surface area contributed by atoms with Gasteiger partial charge in [0.25, 0.3) is 0 Å². The topological polar surface area (TPSA) is 64.8 Å². The third-order valence-corrected chi connectivity index (χ3v) is 3.60. The summed E-state index contributed by atoms with van der Waals surface area (Å²) in [6, 6.07) is 5.50. The van der Waals surface area contributed by atoms with Crippen molar-refractivity contribution in [3.63, 3.8) is 0 Å². The predicted molar refractivity (Wildman–Crippen MR) is 91.0 cm³/mol. The Morgan fingerprint density at radius 2 is 2.04 bits per heavy atom. The van der Waals surface area contributed by atoms with Crippen LogP contribution < -0.4 is 9.47 Å². The van der Waals surface area contributed by atoms with Crippen LogP contribution in [0.4, 0.5) is 0 Å². The summed E-state index contributed by atoms with van der Waals surface area (Å²) in [5.41, 5.74) is 2.59. The molecule has 0 radical (unpaired) electrons. The second-order valence-corrected chi connectivity index (χ2v) is 5.57. The molecule has 0 spiro atoms. The van der Waals surface area contributed by atoms with E-state index in [1.807, 2.05) is 32.0 Å². The molecule has 2 rings (SSSR count). The van der Waals surface area contributed by atoms with Crippen molar-refractivity contribution in [2.45, 2.75) is 20.5 Å². The maximum Gasteiger partial charge on any atom is 0.246 e. The summed E-state index contributed by atoms with van der Waals surface area (Å²) in [6.45, 7) is 4.08. The first kappa shape index (κ1) is 17.6. The van der Waals surface area contributed by atoms with Crippen molar-refractivity contribution in [2.24, 2.45) is 0 Å². The Morgan fingerprint density at radius 1 is 1.29 bits per heavy atom. The molecule has 0 aliphatic heterocycles. The van der Waals surface area contributed by atoms with Crippen molar-refractivity contribution < 1.29 is 18.8 Å². The van der Waals surface area contributed by atoms with Crippen molar-refractivity contribution in [1.29, 1.82) is 0 Å². The van der Waals surface area contributed by atoms with Crippen LogP contribution in [0.5, 0.6) is 11.5 Å². The number of carbonyl (C=O) groups is 1. The van der Waals surface area contributed by atoms with Gasteiger partial charge in [-0.05, 0) is 37.6 Å². The van der Waals surface area contributed by atoms with Gasteiger partial charge < -0.3 is 18.9 Å². The third kappa shape index (κ3) is 4.16. The number of nitrogens with zero attached hydrogens (tertiary/aromatic N) is 2. The lowest BCUT2D eigenvalue weighted by Crippen LogP contribution is -2.18. The minimum absolute atomic E-state index is 0.0762. The van der Waals surface area contributed by atoms with Gasteiger partial charge in [0.05, 0.1) is 18.4 Å². The van der Waals surface area contributed by atoms with Crippen LogP contribution in [-0.4, -0.2) is 37.2 Å². The maximum atomic E-state index is 11.6. The second kappa shape index (κ2) is 7.68. The largest absolute Gasteiger partial charge is 0.493 e. The van der Waals surface area contributed by atoms with E-state index in [0.717, 1.165) is 22.6 Å². The molecule has 6 nitrogen and oxygen atoms in total. The quantitative estimate of drug-likeness (QED) is 0.762. The lowest BCUT2D eigenvalue weighted by atomic mass is 10.2. The van der Waals surface area contributed by atoms with Gasteiger partial charge in [-0.3, -0.25) is 4.79 Å².